The summed E-state index contributed by atoms with van der Waals surface area (Å²) in [7, 11) is 0. The lowest BCUT2D eigenvalue weighted by molar-refractivity contribution is -0.00966. The average molecular weight is 188 g/mol. The van der Waals surface area contributed by atoms with E-state index in [1.54, 1.807) is 0 Å². The summed E-state index contributed by atoms with van der Waals surface area (Å²) >= 11 is 0. The fourth-order valence-electron chi connectivity index (χ4n) is 1.04. The minimum absolute atomic E-state index is 0.357. The van der Waals surface area contributed by atoms with Crippen LogP contribution in [0.5, 0.6) is 0 Å². The molecule has 0 radical (unpaired) electrons. The second-order valence-corrected chi connectivity index (χ2v) is 3.57. The first-order valence-electron chi connectivity index (χ1n) is 5.41. The van der Waals surface area contributed by atoms with Crippen LogP contribution in [-0.2, 0) is 9.47 Å². The molecule has 2 nitrogen and oxygen atoms in total. The lowest BCUT2D eigenvalue weighted by Gasteiger charge is -2.18. The van der Waals surface area contributed by atoms with Crippen LogP contribution in [0.25, 0.3) is 0 Å². The van der Waals surface area contributed by atoms with Crippen molar-refractivity contribution in [3.8, 4) is 0 Å². The predicted molar refractivity (Wildman–Crippen MR) is 56.0 cm³/mol. The van der Waals surface area contributed by atoms with Crippen LogP contribution in [0.4, 0.5) is 0 Å². The standard InChI is InChI=1S/C11H24O2/c1-5-7-12-8-9-13-11(4)10(3)6-2/h10-11H,5-9H2,1-4H3. The van der Waals surface area contributed by atoms with Crippen LogP contribution < -0.4 is 0 Å². The molecule has 0 saturated carbocycles. The Labute approximate surface area is 82.6 Å². The first-order valence-corrected chi connectivity index (χ1v) is 5.41. The highest BCUT2D eigenvalue weighted by molar-refractivity contribution is 4.58. The van der Waals surface area contributed by atoms with E-state index in [9.17, 15) is 0 Å². The SMILES string of the molecule is CCCOCCOC(C)C(C)CC. The van der Waals surface area contributed by atoms with Crippen LogP contribution in [0, 0.1) is 5.92 Å². The molecule has 0 aliphatic rings. The molecule has 0 amide bonds. The molecule has 0 aromatic heterocycles. The van der Waals surface area contributed by atoms with Crippen molar-refractivity contribution >= 4 is 0 Å². The summed E-state index contributed by atoms with van der Waals surface area (Å²) in [4.78, 5) is 0. The van der Waals surface area contributed by atoms with Gasteiger partial charge in [-0.1, -0.05) is 27.2 Å². The molecule has 0 aromatic rings. The molecule has 0 bridgehead atoms. The van der Waals surface area contributed by atoms with E-state index in [1.165, 1.54) is 6.42 Å². The van der Waals surface area contributed by atoms with Crippen molar-refractivity contribution in [2.24, 2.45) is 5.92 Å². The van der Waals surface area contributed by atoms with E-state index in [-0.39, 0.29) is 0 Å². The van der Waals surface area contributed by atoms with Gasteiger partial charge in [0.1, 0.15) is 0 Å². The first kappa shape index (κ1) is 12.9. The van der Waals surface area contributed by atoms with E-state index >= 15 is 0 Å². The van der Waals surface area contributed by atoms with Gasteiger partial charge < -0.3 is 9.47 Å². The maximum absolute atomic E-state index is 5.62. The van der Waals surface area contributed by atoms with Crippen molar-refractivity contribution in [3.05, 3.63) is 0 Å². The molecule has 0 aliphatic carbocycles. The van der Waals surface area contributed by atoms with Crippen LogP contribution in [0.15, 0.2) is 0 Å². The quantitative estimate of drug-likeness (QED) is 0.545. The summed E-state index contributed by atoms with van der Waals surface area (Å²) in [5.74, 6) is 0.645. The number of rotatable bonds is 8. The zero-order chi connectivity index (χ0) is 10.1. The van der Waals surface area contributed by atoms with Crippen LogP contribution in [0.3, 0.4) is 0 Å². The van der Waals surface area contributed by atoms with E-state index in [2.05, 4.69) is 27.7 Å². The van der Waals surface area contributed by atoms with Gasteiger partial charge in [0, 0.05) is 6.61 Å². The Morgan fingerprint density at radius 1 is 1.00 bits per heavy atom. The van der Waals surface area contributed by atoms with Gasteiger partial charge in [0.25, 0.3) is 0 Å². The van der Waals surface area contributed by atoms with Crippen LogP contribution in [-0.4, -0.2) is 25.9 Å². The minimum Gasteiger partial charge on any atom is -0.379 e. The smallest absolute Gasteiger partial charge is 0.0704 e. The fraction of sp³-hybridized carbons (Fsp3) is 1.00. The van der Waals surface area contributed by atoms with Crippen molar-refractivity contribution in [1.29, 1.82) is 0 Å². The summed E-state index contributed by atoms with van der Waals surface area (Å²) in [6, 6.07) is 0. The molecule has 0 fully saturated rings. The Kier molecular flexibility index (Phi) is 8.46. The molecule has 2 atom stereocenters. The second-order valence-electron chi connectivity index (χ2n) is 3.57. The third-order valence-electron chi connectivity index (χ3n) is 2.40. The van der Waals surface area contributed by atoms with Gasteiger partial charge in [-0.2, -0.15) is 0 Å². The molecular formula is C11H24O2. The van der Waals surface area contributed by atoms with E-state index in [1.807, 2.05) is 0 Å². The maximum atomic E-state index is 5.62. The molecule has 0 heterocycles. The van der Waals surface area contributed by atoms with E-state index in [0.717, 1.165) is 26.2 Å². The molecule has 0 saturated heterocycles. The molecule has 80 valence electrons. The highest BCUT2D eigenvalue weighted by atomic mass is 16.5. The zero-order valence-electron chi connectivity index (χ0n) is 9.51. The van der Waals surface area contributed by atoms with E-state index < -0.39 is 0 Å². The highest BCUT2D eigenvalue weighted by Gasteiger charge is 2.09. The number of hydrogen-bond donors (Lipinski definition) is 0. The Hall–Kier alpha value is -0.0800. The average Bonchev–Trinajstić information content (AvgIpc) is 2.16. The number of ether oxygens (including phenoxy) is 2. The van der Waals surface area contributed by atoms with E-state index in [4.69, 9.17) is 9.47 Å². The molecule has 13 heavy (non-hydrogen) atoms. The largest absolute Gasteiger partial charge is 0.379 e. The lowest BCUT2D eigenvalue weighted by atomic mass is 10.0. The Bertz CT molecular complexity index is 104. The second kappa shape index (κ2) is 8.52. The van der Waals surface area contributed by atoms with E-state index in [0.29, 0.717) is 12.0 Å². The third-order valence-corrected chi connectivity index (χ3v) is 2.40. The fourth-order valence-corrected chi connectivity index (χ4v) is 1.04. The molecule has 0 aromatic carbocycles. The van der Waals surface area contributed by atoms with Gasteiger partial charge >= 0.3 is 0 Å². The lowest BCUT2D eigenvalue weighted by Crippen LogP contribution is -2.20. The summed E-state index contributed by atoms with van der Waals surface area (Å²) in [5, 5.41) is 0. The van der Waals surface area contributed by atoms with Gasteiger partial charge in [-0.15, -0.1) is 0 Å². The van der Waals surface area contributed by atoms with Crippen LogP contribution in [0.1, 0.15) is 40.5 Å². The van der Waals surface area contributed by atoms with Gasteiger partial charge in [0.2, 0.25) is 0 Å². The van der Waals surface area contributed by atoms with Crippen molar-refractivity contribution in [2.45, 2.75) is 46.6 Å². The zero-order valence-corrected chi connectivity index (χ0v) is 9.51. The summed E-state index contributed by atoms with van der Waals surface area (Å²) in [6.07, 6.45) is 2.62. The summed E-state index contributed by atoms with van der Waals surface area (Å²) in [6.45, 7) is 11.0. The Morgan fingerprint density at radius 2 is 1.69 bits per heavy atom. The Morgan fingerprint density at radius 3 is 2.23 bits per heavy atom. The molecule has 0 aliphatic heterocycles. The predicted octanol–water partition coefficient (Wildman–Crippen LogP) is 2.86. The van der Waals surface area contributed by atoms with Crippen LogP contribution in [0.2, 0.25) is 0 Å². The minimum atomic E-state index is 0.357. The van der Waals surface area contributed by atoms with Gasteiger partial charge in [-0.3, -0.25) is 0 Å². The van der Waals surface area contributed by atoms with Gasteiger partial charge in [0.05, 0.1) is 19.3 Å². The summed E-state index contributed by atoms with van der Waals surface area (Å²) in [5.41, 5.74) is 0. The molecule has 2 heteroatoms. The van der Waals surface area contributed by atoms with Gasteiger partial charge in [-0.25, -0.2) is 0 Å². The third kappa shape index (κ3) is 7.03. The van der Waals surface area contributed by atoms with Gasteiger partial charge in [0.15, 0.2) is 0 Å². The monoisotopic (exact) mass is 188 g/mol. The van der Waals surface area contributed by atoms with Gasteiger partial charge in [-0.05, 0) is 19.3 Å². The van der Waals surface area contributed by atoms with Crippen molar-refractivity contribution in [3.63, 3.8) is 0 Å². The molecule has 2 unspecified atom stereocenters. The van der Waals surface area contributed by atoms with Crippen molar-refractivity contribution in [2.75, 3.05) is 19.8 Å². The molecular weight excluding hydrogens is 164 g/mol. The topological polar surface area (TPSA) is 18.5 Å². The van der Waals surface area contributed by atoms with Crippen molar-refractivity contribution < 1.29 is 9.47 Å². The maximum Gasteiger partial charge on any atom is 0.0704 e. The molecule has 0 rings (SSSR count). The summed E-state index contributed by atoms with van der Waals surface area (Å²) < 4.78 is 10.9. The number of hydrogen-bond acceptors (Lipinski definition) is 2. The molecule has 0 spiro atoms. The highest BCUT2D eigenvalue weighted by Crippen LogP contribution is 2.09. The normalized spacial score (nSPS) is 15.7. The Balaban J connectivity index is 3.21. The first-order chi connectivity index (χ1) is 6.22. The molecule has 0 N–H and O–H groups in total. The van der Waals surface area contributed by atoms with Crippen LogP contribution >= 0.6 is 0 Å². The van der Waals surface area contributed by atoms with Crippen molar-refractivity contribution in [1.82, 2.24) is 0 Å².